The molecule has 0 saturated carbocycles. The average Bonchev–Trinajstić information content (AvgIpc) is 2.78. The molecule has 2 aromatic carbocycles. The normalized spacial score (nSPS) is 10.6. The van der Waals surface area contributed by atoms with Crippen molar-refractivity contribution < 1.29 is 14.3 Å². The van der Waals surface area contributed by atoms with E-state index in [1.165, 1.54) is 17.6 Å². The van der Waals surface area contributed by atoms with Crippen LogP contribution < -0.4 is 25.7 Å². The van der Waals surface area contributed by atoms with Crippen LogP contribution in [0, 0.1) is 6.92 Å². The van der Waals surface area contributed by atoms with E-state index in [1.54, 1.807) is 48.7 Å². The fraction of sp³-hybridized carbons (Fsp3) is 0.125. The molecule has 0 radical (unpaired) electrons. The monoisotopic (exact) mass is 464 g/mol. The Hall–Kier alpha value is -4.04. The second-order valence-corrected chi connectivity index (χ2v) is 7.69. The van der Waals surface area contributed by atoms with Crippen LogP contribution in [0.25, 0.3) is 5.65 Å². The second-order valence-electron chi connectivity index (χ2n) is 7.26. The highest BCUT2D eigenvalue weighted by Crippen LogP contribution is 2.28. The van der Waals surface area contributed by atoms with E-state index in [9.17, 15) is 9.59 Å². The van der Waals surface area contributed by atoms with Crippen molar-refractivity contribution in [1.29, 1.82) is 0 Å². The summed E-state index contributed by atoms with van der Waals surface area (Å²) >= 11 is 6.00. The van der Waals surface area contributed by atoms with Crippen LogP contribution in [0.3, 0.4) is 0 Å². The molecule has 2 aromatic heterocycles. The quantitative estimate of drug-likeness (QED) is 0.424. The number of carbonyl (C=O) groups excluding carboxylic acids is 1. The summed E-state index contributed by atoms with van der Waals surface area (Å²) in [6.07, 6.45) is 1.70. The fourth-order valence-corrected chi connectivity index (χ4v) is 3.38. The van der Waals surface area contributed by atoms with Crippen LogP contribution in [-0.4, -0.2) is 22.5 Å². The number of nitrogens with zero attached hydrogens (tertiary/aromatic N) is 2. The molecule has 0 unspecified atom stereocenters. The van der Waals surface area contributed by atoms with Gasteiger partial charge in [-0.2, -0.15) is 0 Å². The summed E-state index contributed by atoms with van der Waals surface area (Å²) in [4.78, 5) is 29.2. The van der Waals surface area contributed by atoms with Crippen molar-refractivity contribution in [3.8, 4) is 11.5 Å². The van der Waals surface area contributed by atoms with Gasteiger partial charge >= 0.3 is 6.03 Å². The predicted molar refractivity (Wildman–Crippen MR) is 128 cm³/mol. The molecule has 0 aliphatic heterocycles. The topological polar surface area (TPSA) is 94.0 Å². The van der Waals surface area contributed by atoms with E-state index < -0.39 is 6.03 Å². The Morgan fingerprint density at radius 2 is 1.94 bits per heavy atom. The molecule has 0 saturated heterocycles. The van der Waals surface area contributed by atoms with Crippen molar-refractivity contribution in [2.45, 2.75) is 13.5 Å². The summed E-state index contributed by atoms with van der Waals surface area (Å²) in [5, 5.41) is 5.92. The van der Waals surface area contributed by atoms with Crippen LogP contribution in [0.2, 0.25) is 5.02 Å². The number of anilines is 2. The average molecular weight is 465 g/mol. The van der Waals surface area contributed by atoms with Crippen molar-refractivity contribution in [1.82, 2.24) is 9.38 Å². The van der Waals surface area contributed by atoms with E-state index in [0.717, 1.165) is 5.56 Å². The lowest BCUT2D eigenvalue weighted by atomic mass is 10.3. The van der Waals surface area contributed by atoms with E-state index in [-0.39, 0.29) is 12.2 Å². The highest BCUT2D eigenvalue weighted by molar-refractivity contribution is 6.31. The lowest BCUT2D eigenvalue weighted by Crippen LogP contribution is -2.19. The van der Waals surface area contributed by atoms with Crippen LogP contribution in [0.15, 0.2) is 71.7 Å². The molecule has 4 aromatic rings. The molecule has 2 heterocycles. The van der Waals surface area contributed by atoms with Crippen molar-refractivity contribution in [2.75, 3.05) is 17.7 Å². The van der Waals surface area contributed by atoms with Gasteiger partial charge in [-0.25, -0.2) is 9.78 Å². The molecule has 0 bridgehead atoms. The number of hydrogen-bond donors (Lipinski definition) is 2. The number of halogens is 1. The first kappa shape index (κ1) is 22.2. The molecular formula is C24H21ClN4O4. The van der Waals surface area contributed by atoms with Crippen molar-refractivity contribution >= 4 is 34.7 Å². The number of rotatable bonds is 6. The largest absolute Gasteiger partial charge is 0.495 e. The van der Waals surface area contributed by atoms with Gasteiger partial charge in [-0.05, 0) is 55.0 Å². The molecule has 2 amide bonds. The molecule has 4 rings (SSSR count). The lowest BCUT2D eigenvalue weighted by molar-refractivity contribution is 0.262. The van der Waals surface area contributed by atoms with Crippen LogP contribution >= 0.6 is 11.6 Å². The highest BCUT2D eigenvalue weighted by Gasteiger charge is 2.10. The summed E-state index contributed by atoms with van der Waals surface area (Å²) in [5.41, 5.74) is 2.86. The van der Waals surface area contributed by atoms with Gasteiger partial charge in [0.1, 0.15) is 23.8 Å². The Kier molecular flexibility index (Phi) is 6.46. The molecule has 168 valence electrons. The standard InChI is InChI=1S/C24H21ClN4O4/c1-15-8-9-29-22(10-15)26-18(13-23(29)30)14-33-19-5-3-4-17(12-19)27-24(31)28-20-11-16(25)6-7-21(20)32-2/h3-13H,14H2,1-2H3,(H2,27,28,31). The van der Waals surface area contributed by atoms with Gasteiger partial charge in [0, 0.05) is 29.0 Å². The fourth-order valence-electron chi connectivity index (χ4n) is 3.21. The van der Waals surface area contributed by atoms with Gasteiger partial charge < -0.3 is 20.1 Å². The minimum Gasteiger partial charge on any atom is -0.495 e. The number of benzene rings is 2. The Morgan fingerprint density at radius 1 is 1.09 bits per heavy atom. The van der Waals surface area contributed by atoms with Gasteiger partial charge in [-0.15, -0.1) is 0 Å². The number of aryl methyl sites for hydroxylation is 1. The van der Waals surface area contributed by atoms with Crippen molar-refractivity contribution in [3.05, 3.63) is 93.5 Å². The van der Waals surface area contributed by atoms with Crippen molar-refractivity contribution in [3.63, 3.8) is 0 Å². The summed E-state index contributed by atoms with van der Waals surface area (Å²) in [7, 11) is 1.51. The SMILES string of the molecule is COc1ccc(Cl)cc1NC(=O)Nc1cccc(OCc2cc(=O)n3ccc(C)cc3n2)c1. The summed E-state index contributed by atoms with van der Waals surface area (Å²) < 4.78 is 12.5. The van der Waals surface area contributed by atoms with E-state index in [4.69, 9.17) is 21.1 Å². The second kappa shape index (κ2) is 9.62. The zero-order valence-electron chi connectivity index (χ0n) is 18.0. The van der Waals surface area contributed by atoms with Gasteiger partial charge in [-0.3, -0.25) is 9.20 Å². The molecule has 0 spiro atoms. The number of urea groups is 1. The van der Waals surface area contributed by atoms with Gasteiger partial charge in [0.25, 0.3) is 5.56 Å². The van der Waals surface area contributed by atoms with Crippen LogP contribution in [-0.2, 0) is 6.61 Å². The Labute approximate surface area is 194 Å². The zero-order chi connectivity index (χ0) is 23.4. The summed E-state index contributed by atoms with van der Waals surface area (Å²) in [6.45, 7) is 2.04. The summed E-state index contributed by atoms with van der Waals surface area (Å²) in [5.74, 6) is 1.000. The van der Waals surface area contributed by atoms with E-state index in [1.807, 2.05) is 19.1 Å². The number of hydrogen-bond acceptors (Lipinski definition) is 5. The molecule has 0 fully saturated rings. The molecule has 2 N–H and O–H groups in total. The van der Waals surface area contributed by atoms with Crippen LogP contribution in [0.5, 0.6) is 11.5 Å². The smallest absolute Gasteiger partial charge is 0.323 e. The molecular weight excluding hydrogens is 444 g/mol. The maximum atomic E-state index is 12.4. The first-order valence-electron chi connectivity index (χ1n) is 10.0. The molecule has 33 heavy (non-hydrogen) atoms. The third-order valence-corrected chi connectivity index (χ3v) is 5.00. The number of amides is 2. The Bertz CT molecular complexity index is 1390. The number of ether oxygens (including phenoxy) is 2. The molecule has 8 nitrogen and oxygen atoms in total. The van der Waals surface area contributed by atoms with Crippen LogP contribution in [0.1, 0.15) is 11.3 Å². The van der Waals surface area contributed by atoms with Gasteiger partial charge in [0.2, 0.25) is 0 Å². The summed E-state index contributed by atoms with van der Waals surface area (Å²) in [6, 6.07) is 16.5. The highest BCUT2D eigenvalue weighted by atomic mass is 35.5. The number of fused-ring (bicyclic) bond motifs is 1. The maximum absolute atomic E-state index is 12.4. The number of pyridine rings is 1. The van der Waals surface area contributed by atoms with Gasteiger partial charge in [0.05, 0.1) is 18.5 Å². The van der Waals surface area contributed by atoms with Gasteiger partial charge in [0.15, 0.2) is 0 Å². The Morgan fingerprint density at radius 3 is 2.76 bits per heavy atom. The maximum Gasteiger partial charge on any atom is 0.323 e. The number of nitrogens with one attached hydrogen (secondary N) is 2. The predicted octanol–water partition coefficient (Wildman–Crippen LogP) is 4.89. The third-order valence-electron chi connectivity index (χ3n) is 4.76. The zero-order valence-corrected chi connectivity index (χ0v) is 18.7. The van der Waals surface area contributed by atoms with Crippen molar-refractivity contribution in [2.24, 2.45) is 0 Å². The van der Waals surface area contributed by atoms with E-state index in [2.05, 4.69) is 15.6 Å². The first-order chi connectivity index (χ1) is 15.9. The molecule has 0 aliphatic carbocycles. The van der Waals surface area contributed by atoms with E-state index >= 15 is 0 Å². The molecule has 9 heteroatoms. The molecule has 0 aliphatic rings. The minimum absolute atomic E-state index is 0.106. The van der Waals surface area contributed by atoms with Gasteiger partial charge in [-0.1, -0.05) is 17.7 Å². The minimum atomic E-state index is -0.465. The lowest BCUT2D eigenvalue weighted by Gasteiger charge is -2.12. The molecule has 0 atom stereocenters. The number of methoxy groups -OCH3 is 1. The first-order valence-corrected chi connectivity index (χ1v) is 10.4. The number of carbonyl (C=O) groups is 1. The van der Waals surface area contributed by atoms with E-state index in [0.29, 0.717) is 39.2 Å². The Balaban J connectivity index is 1.43. The van der Waals surface area contributed by atoms with Crippen LogP contribution in [0.4, 0.5) is 16.2 Å². The number of aromatic nitrogens is 2. The third kappa shape index (κ3) is 5.42.